The number of aryl methyl sites for hydroxylation is 1. The Bertz CT molecular complexity index is 1020. The summed E-state index contributed by atoms with van der Waals surface area (Å²) in [6.07, 6.45) is 4.38. The minimum Gasteiger partial charge on any atom is -0.444 e. The van der Waals surface area contributed by atoms with E-state index in [1.807, 2.05) is 50.8 Å². The number of piperidine rings is 1. The third-order valence-electron chi connectivity index (χ3n) is 5.82. The number of amides is 2. The average Bonchev–Trinajstić information content (AvgIpc) is 2.77. The molecule has 1 fully saturated rings. The van der Waals surface area contributed by atoms with E-state index in [0.29, 0.717) is 44.1 Å². The van der Waals surface area contributed by atoms with Crippen LogP contribution in [0.4, 0.5) is 16.4 Å². The minimum absolute atomic E-state index is 0.0401. The summed E-state index contributed by atoms with van der Waals surface area (Å²) in [5.74, 6) is 2.04. The molecule has 0 radical (unpaired) electrons. The van der Waals surface area contributed by atoms with Crippen molar-refractivity contribution >= 4 is 23.6 Å². The molecule has 176 valence electrons. The molecular formula is C24H32N6O3. The fourth-order valence-corrected chi connectivity index (χ4v) is 4.34. The van der Waals surface area contributed by atoms with Crippen LogP contribution in [0.15, 0.2) is 24.4 Å². The molecule has 0 aromatic carbocycles. The SMILES string of the molecule is Cc1nc2c(c(Nc3ccccn3)n1)CCN(C(=O)[C@@H]1CCCCN1C(=O)OC(C)(C)C)C2. The number of aromatic nitrogens is 3. The van der Waals surface area contributed by atoms with Gasteiger partial charge in [0, 0.05) is 24.8 Å². The van der Waals surface area contributed by atoms with Crippen LogP contribution in [0, 0.1) is 6.92 Å². The van der Waals surface area contributed by atoms with Gasteiger partial charge >= 0.3 is 6.09 Å². The molecule has 0 spiro atoms. The largest absolute Gasteiger partial charge is 0.444 e. The lowest BCUT2D eigenvalue weighted by molar-refractivity contribution is -0.139. The number of ether oxygens (including phenoxy) is 1. The van der Waals surface area contributed by atoms with Gasteiger partial charge < -0.3 is 15.0 Å². The van der Waals surface area contributed by atoms with Crippen LogP contribution in [0.25, 0.3) is 0 Å². The number of likely N-dealkylation sites (tertiary alicyclic amines) is 1. The van der Waals surface area contributed by atoms with E-state index in [9.17, 15) is 9.59 Å². The second-order valence-corrected chi connectivity index (χ2v) is 9.58. The number of fused-ring (bicyclic) bond motifs is 1. The van der Waals surface area contributed by atoms with Crippen molar-refractivity contribution in [2.45, 2.75) is 71.6 Å². The van der Waals surface area contributed by atoms with Crippen molar-refractivity contribution < 1.29 is 14.3 Å². The van der Waals surface area contributed by atoms with Crippen molar-refractivity contribution in [1.29, 1.82) is 0 Å². The number of carbonyl (C=O) groups is 2. The summed E-state index contributed by atoms with van der Waals surface area (Å²) in [5.41, 5.74) is 1.24. The van der Waals surface area contributed by atoms with Gasteiger partial charge in [-0.3, -0.25) is 9.69 Å². The molecular weight excluding hydrogens is 420 g/mol. The summed E-state index contributed by atoms with van der Waals surface area (Å²) >= 11 is 0. The van der Waals surface area contributed by atoms with Crippen LogP contribution in [-0.4, -0.2) is 61.5 Å². The minimum atomic E-state index is -0.600. The molecule has 2 amide bonds. The molecule has 0 saturated carbocycles. The number of nitrogens with zero attached hydrogens (tertiary/aromatic N) is 5. The molecule has 1 atom stereocenters. The van der Waals surface area contributed by atoms with E-state index in [2.05, 4.69) is 20.3 Å². The maximum absolute atomic E-state index is 13.5. The van der Waals surface area contributed by atoms with Crippen LogP contribution in [0.2, 0.25) is 0 Å². The smallest absolute Gasteiger partial charge is 0.410 e. The molecule has 1 saturated heterocycles. The van der Waals surface area contributed by atoms with Crippen LogP contribution in [0.1, 0.15) is 57.1 Å². The molecule has 2 aromatic heterocycles. The zero-order valence-electron chi connectivity index (χ0n) is 19.8. The Hall–Kier alpha value is -3.23. The highest BCUT2D eigenvalue weighted by atomic mass is 16.6. The summed E-state index contributed by atoms with van der Waals surface area (Å²) in [5, 5.41) is 3.29. The topological polar surface area (TPSA) is 101 Å². The zero-order chi connectivity index (χ0) is 23.6. The summed E-state index contributed by atoms with van der Waals surface area (Å²) in [7, 11) is 0. The number of nitrogens with one attached hydrogen (secondary N) is 1. The Balaban J connectivity index is 1.52. The van der Waals surface area contributed by atoms with Gasteiger partial charge in [-0.15, -0.1) is 0 Å². The molecule has 4 heterocycles. The van der Waals surface area contributed by atoms with E-state index >= 15 is 0 Å². The first kappa shape index (κ1) is 22.9. The Morgan fingerprint density at radius 2 is 1.97 bits per heavy atom. The molecule has 9 heteroatoms. The quantitative estimate of drug-likeness (QED) is 0.759. The summed E-state index contributed by atoms with van der Waals surface area (Å²) in [6, 6.07) is 5.17. The van der Waals surface area contributed by atoms with Gasteiger partial charge in [0.05, 0.1) is 12.2 Å². The maximum Gasteiger partial charge on any atom is 0.410 e. The zero-order valence-corrected chi connectivity index (χ0v) is 19.8. The van der Waals surface area contributed by atoms with Gasteiger partial charge in [-0.05, 0) is 65.5 Å². The van der Waals surface area contributed by atoms with E-state index in [-0.39, 0.29) is 5.91 Å². The van der Waals surface area contributed by atoms with Crippen molar-refractivity contribution in [3.8, 4) is 0 Å². The van der Waals surface area contributed by atoms with E-state index in [0.717, 1.165) is 29.9 Å². The molecule has 33 heavy (non-hydrogen) atoms. The van der Waals surface area contributed by atoms with E-state index in [4.69, 9.17) is 4.74 Å². The van der Waals surface area contributed by atoms with E-state index in [1.165, 1.54) is 0 Å². The first-order chi connectivity index (χ1) is 15.7. The second-order valence-electron chi connectivity index (χ2n) is 9.58. The Labute approximate surface area is 194 Å². The van der Waals surface area contributed by atoms with Gasteiger partial charge in [-0.1, -0.05) is 6.07 Å². The highest BCUT2D eigenvalue weighted by Gasteiger charge is 2.38. The number of hydrogen-bond acceptors (Lipinski definition) is 7. The third-order valence-corrected chi connectivity index (χ3v) is 5.82. The average molecular weight is 453 g/mol. The van der Waals surface area contributed by atoms with Crippen molar-refractivity contribution in [2.24, 2.45) is 0 Å². The Morgan fingerprint density at radius 3 is 2.70 bits per heavy atom. The molecule has 1 N–H and O–H groups in total. The van der Waals surface area contributed by atoms with Crippen molar-refractivity contribution in [3.05, 3.63) is 41.5 Å². The lowest BCUT2D eigenvalue weighted by Crippen LogP contribution is -2.54. The standard InChI is InChI=1S/C24H32N6O3/c1-16-26-18-15-29(14-11-17(18)21(27-16)28-20-10-5-7-12-25-20)22(31)19-9-6-8-13-30(19)23(32)33-24(2,3)4/h5,7,10,12,19H,6,8-9,11,13-15H2,1-4H3,(H,25,26,27,28)/t19-/m0/s1. The molecule has 2 aromatic rings. The van der Waals surface area contributed by atoms with Gasteiger partial charge in [0.15, 0.2) is 0 Å². The second kappa shape index (κ2) is 9.33. The van der Waals surface area contributed by atoms with Gasteiger partial charge in [-0.2, -0.15) is 0 Å². The highest BCUT2D eigenvalue weighted by Crippen LogP contribution is 2.28. The molecule has 2 aliphatic heterocycles. The van der Waals surface area contributed by atoms with Gasteiger partial charge in [0.25, 0.3) is 0 Å². The molecule has 9 nitrogen and oxygen atoms in total. The molecule has 0 unspecified atom stereocenters. The lowest BCUT2D eigenvalue weighted by Gasteiger charge is -2.39. The van der Waals surface area contributed by atoms with Crippen molar-refractivity contribution in [2.75, 3.05) is 18.4 Å². The summed E-state index contributed by atoms with van der Waals surface area (Å²) < 4.78 is 5.57. The van der Waals surface area contributed by atoms with Crippen LogP contribution in [0.5, 0.6) is 0 Å². The normalized spacial score (nSPS) is 18.5. The van der Waals surface area contributed by atoms with Gasteiger partial charge in [-0.25, -0.2) is 19.7 Å². The third kappa shape index (κ3) is 5.40. The van der Waals surface area contributed by atoms with E-state index in [1.54, 1.807) is 11.1 Å². The van der Waals surface area contributed by atoms with Gasteiger partial charge in [0.2, 0.25) is 5.91 Å². The Morgan fingerprint density at radius 1 is 1.15 bits per heavy atom. The number of rotatable bonds is 3. The fraction of sp³-hybridized carbons (Fsp3) is 0.542. The van der Waals surface area contributed by atoms with E-state index < -0.39 is 17.7 Å². The Kier molecular flexibility index (Phi) is 6.49. The number of carbonyl (C=O) groups excluding carboxylic acids is 2. The van der Waals surface area contributed by atoms with Crippen LogP contribution >= 0.6 is 0 Å². The summed E-state index contributed by atoms with van der Waals surface area (Å²) in [6.45, 7) is 8.84. The maximum atomic E-state index is 13.5. The summed E-state index contributed by atoms with van der Waals surface area (Å²) in [4.78, 5) is 43.2. The molecule has 4 rings (SSSR count). The molecule has 0 aliphatic carbocycles. The highest BCUT2D eigenvalue weighted by molar-refractivity contribution is 5.86. The first-order valence-electron chi connectivity index (χ1n) is 11.5. The van der Waals surface area contributed by atoms with Crippen LogP contribution < -0.4 is 5.32 Å². The molecule has 0 bridgehead atoms. The van der Waals surface area contributed by atoms with Gasteiger partial charge in [0.1, 0.15) is 29.1 Å². The first-order valence-corrected chi connectivity index (χ1v) is 11.5. The predicted molar refractivity (Wildman–Crippen MR) is 124 cm³/mol. The van der Waals surface area contributed by atoms with Crippen LogP contribution in [0.3, 0.4) is 0 Å². The number of anilines is 2. The number of pyridine rings is 1. The molecule has 2 aliphatic rings. The monoisotopic (exact) mass is 452 g/mol. The van der Waals surface area contributed by atoms with Crippen molar-refractivity contribution in [1.82, 2.24) is 24.8 Å². The van der Waals surface area contributed by atoms with Crippen LogP contribution in [-0.2, 0) is 22.5 Å². The fourth-order valence-electron chi connectivity index (χ4n) is 4.34. The van der Waals surface area contributed by atoms with Crippen molar-refractivity contribution in [3.63, 3.8) is 0 Å². The predicted octanol–water partition coefficient (Wildman–Crippen LogP) is 3.60. The lowest BCUT2D eigenvalue weighted by atomic mass is 9.99. The number of hydrogen-bond donors (Lipinski definition) is 1.